The molecule has 0 fully saturated rings. The lowest BCUT2D eigenvalue weighted by Crippen LogP contribution is -2.46. The summed E-state index contributed by atoms with van der Waals surface area (Å²) in [6.07, 6.45) is -3.91. The normalized spacial score (nSPS) is 14.5. The largest absolute Gasteiger partial charge is 0.465 e. The van der Waals surface area contributed by atoms with Gasteiger partial charge in [0.05, 0.1) is 12.7 Å². The number of ether oxygens (including phenoxy) is 1. The molecule has 168 valence electrons. The predicted octanol–water partition coefficient (Wildman–Crippen LogP) is 6.40. The number of carbonyl (C=O) groups excluding carboxylic acids is 1. The zero-order valence-electron chi connectivity index (χ0n) is 17.0. The molecule has 0 aliphatic heterocycles. The van der Waals surface area contributed by atoms with Gasteiger partial charge < -0.3 is 9.84 Å². The van der Waals surface area contributed by atoms with Crippen LogP contribution in [0.4, 0.5) is 13.2 Å². The molecule has 2 atom stereocenters. The third kappa shape index (κ3) is 4.46. The molecule has 4 nitrogen and oxygen atoms in total. The number of aromatic nitrogens is 1. The van der Waals surface area contributed by atoms with Crippen molar-refractivity contribution in [2.45, 2.75) is 24.6 Å². The van der Waals surface area contributed by atoms with Crippen molar-refractivity contribution in [3.63, 3.8) is 0 Å². The molecule has 0 radical (unpaired) electrons. The van der Waals surface area contributed by atoms with E-state index < -0.39 is 29.2 Å². The van der Waals surface area contributed by atoms with E-state index in [9.17, 15) is 23.1 Å². The van der Waals surface area contributed by atoms with Gasteiger partial charge in [-0.1, -0.05) is 54.4 Å². The van der Waals surface area contributed by atoms with Gasteiger partial charge in [-0.15, -0.1) is 0 Å². The van der Waals surface area contributed by atoms with Gasteiger partial charge in [-0.3, -0.25) is 0 Å². The zero-order chi connectivity index (χ0) is 23.7. The van der Waals surface area contributed by atoms with Gasteiger partial charge in [-0.2, -0.15) is 13.2 Å². The van der Waals surface area contributed by atoms with E-state index in [1.807, 2.05) is 0 Å². The fraction of sp³-hybridized carbons (Fsp3) is 0.217. The predicted molar refractivity (Wildman–Crippen MR) is 116 cm³/mol. The lowest BCUT2D eigenvalue weighted by molar-refractivity contribution is -0.274. The molecular weight excluding hydrogens is 466 g/mol. The number of methoxy groups -OCH3 is 1. The van der Waals surface area contributed by atoms with Crippen LogP contribution in [0.2, 0.25) is 10.2 Å². The highest BCUT2D eigenvalue weighted by atomic mass is 35.5. The summed E-state index contributed by atoms with van der Waals surface area (Å²) in [5.74, 6) is -1.94. The van der Waals surface area contributed by atoms with Gasteiger partial charge in [0.1, 0.15) is 5.15 Å². The molecule has 1 heterocycles. The Labute approximate surface area is 192 Å². The summed E-state index contributed by atoms with van der Waals surface area (Å²) in [4.78, 5) is 15.3. The van der Waals surface area contributed by atoms with Gasteiger partial charge in [0.15, 0.2) is 5.60 Å². The van der Waals surface area contributed by atoms with E-state index in [1.165, 1.54) is 26.2 Å². The number of esters is 1. The van der Waals surface area contributed by atoms with E-state index in [0.29, 0.717) is 16.7 Å². The maximum absolute atomic E-state index is 14.1. The molecule has 0 bridgehead atoms. The summed E-state index contributed by atoms with van der Waals surface area (Å²) in [6, 6.07) is 13.1. The summed E-state index contributed by atoms with van der Waals surface area (Å²) in [5.41, 5.74) is -1.88. The minimum absolute atomic E-state index is 0.0508. The molecule has 0 aliphatic carbocycles. The lowest BCUT2D eigenvalue weighted by Gasteiger charge is -2.37. The van der Waals surface area contributed by atoms with Crippen LogP contribution in [0.5, 0.6) is 0 Å². The standard InChI is InChI=1S/C23H18Cl2F3NO3/c1-13(22(31,23(26,27)28)17-9-10-29-20(25)12-17)18-8-7-16(11-19(18)24)14-3-5-15(6-4-14)21(30)32-2/h3-13,31H,1-2H3. The van der Waals surface area contributed by atoms with Crippen LogP contribution in [-0.4, -0.2) is 29.3 Å². The van der Waals surface area contributed by atoms with Gasteiger partial charge >= 0.3 is 12.1 Å². The average Bonchev–Trinajstić information content (AvgIpc) is 2.76. The summed E-state index contributed by atoms with van der Waals surface area (Å²) in [5, 5.41) is 10.7. The molecule has 1 aromatic heterocycles. The van der Waals surface area contributed by atoms with E-state index >= 15 is 0 Å². The minimum atomic E-state index is -5.01. The zero-order valence-corrected chi connectivity index (χ0v) is 18.5. The molecule has 9 heteroatoms. The second kappa shape index (κ2) is 9.10. The minimum Gasteiger partial charge on any atom is -0.465 e. The number of pyridine rings is 1. The molecule has 3 aromatic rings. The van der Waals surface area contributed by atoms with Crippen LogP contribution in [0, 0.1) is 0 Å². The van der Waals surface area contributed by atoms with Gasteiger partial charge in [-0.25, -0.2) is 9.78 Å². The van der Waals surface area contributed by atoms with Gasteiger partial charge in [0.25, 0.3) is 0 Å². The number of hydrogen-bond acceptors (Lipinski definition) is 4. The Kier molecular flexibility index (Phi) is 6.83. The molecule has 32 heavy (non-hydrogen) atoms. The van der Waals surface area contributed by atoms with Crippen molar-refractivity contribution in [1.82, 2.24) is 4.98 Å². The number of rotatable bonds is 5. The van der Waals surface area contributed by atoms with Crippen LogP contribution >= 0.6 is 23.2 Å². The molecule has 0 saturated carbocycles. The van der Waals surface area contributed by atoms with Crippen molar-refractivity contribution >= 4 is 29.2 Å². The topological polar surface area (TPSA) is 59.4 Å². The number of carbonyl (C=O) groups is 1. The molecule has 0 saturated heterocycles. The van der Waals surface area contributed by atoms with Crippen LogP contribution in [0.25, 0.3) is 11.1 Å². The van der Waals surface area contributed by atoms with Crippen molar-refractivity contribution in [3.05, 3.63) is 87.7 Å². The van der Waals surface area contributed by atoms with Crippen LogP contribution in [0.1, 0.15) is 34.3 Å². The first-order chi connectivity index (χ1) is 15.0. The maximum atomic E-state index is 14.1. The van der Waals surface area contributed by atoms with Crippen molar-refractivity contribution < 1.29 is 27.8 Å². The number of nitrogens with zero attached hydrogens (tertiary/aromatic N) is 1. The summed E-state index contributed by atoms with van der Waals surface area (Å²) in [7, 11) is 1.28. The van der Waals surface area contributed by atoms with E-state index in [-0.39, 0.29) is 15.7 Å². The quantitative estimate of drug-likeness (QED) is 0.337. The number of benzene rings is 2. The van der Waals surface area contributed by atoms with Gasteiger partial charge in [0, 0.05) is 17.1 Å². The Morgan fingerprint density at radius 2 is 1.66 bits per heavy atom. The maximum Gasteiger partial charge on any atom is 0.422 e. The number of hydrogen-bond donors (Lipinski definition) is 1. The third-order valence-electron chi connectivity index (χ3n) is 5.33. The van der Waals surface area contributed by atoms with E-state index in [2.05, 4.69) is 9.72 Å². The Balaban J connectivity index is 2.01. The molecule has 0 spiro atoms. The second-order valence-corrected chi connectivity index (χ2v) is 7.95. The second-order valence-electron chi connectivity index (χ2n) is 7.16. The first-order valence-electron chi connectivity index (χ1n) is 9.38. The van der Waals surface area contributed by atoms with Crippen molar-refractivity contribution in [2.75, 3.05) is 7.11 Å². The molecule has 0 amide bonds. The highest BCUT2D eigenvalue weighted by Crippen LogP contribution is 2.50. The summed E-state index contributed by atoms with van der Waals surface area (Å²) in [6.45, 7) is 1.24. The number of halogens is 5. The number of alkyl halides is 3. The van der Waals surface area contributed by atoms with Crippen LogP contribution < -0.4 is 0 Å². The van der Waals surface area contributed by atoms with E-state index in [1.54, 1.807) is 30.3 Å². The fourth-order valence-electron chi connectivity index (χ4n) is 3.50. The molecule has 3 rings (SSSR count). The van der Waals surface area contributed by atoms with Crippen LogP contribution in [0.3, 0.4) is 0 Å². The Morgan fingerprint density at radius 1 is 1.03 bits per heavy atom. The Morgan fingerprint density at radius 3 is 2.19 bits per heavy atom. The first kappa shape index (κ1) is 24.0. The molecule has 2 aromatic carbocycles. The first-order valence-corrected chi connectivity index (χ1v) is 10.1. The Bertz CT molecular complexity index is 1140. The highest BCUT2D eigenvalue weighted by molar-refractivity contribution is 6.31. The van der Waals surface area contributed by atoms with Crippen LogP contribution in [-0.2, 0) is 10.3 Å². The van der Waals surface area contributed by atoms with Gasteiger partial charge in [0.2, 0.25) is 0 Å². The molecule has 0 aliphatic rings. The monoisotopic (exact) mass is 483 g/mol. The third-order valence-corrected chi connectivity index (χ3v) is 5.87. The summed E-state index contributed by atoms with van der Waals surface area (Å²) >= 11 is 12.1. The van der Waals surface area contributed by atoms with Crippen molar-refractivity contribution in [3.8, 4) is 11.1 Å². The van der Waals surface area contributed by atoms with Crippen LogP contribution in [0.15, 0.2) is 60.8 Å². The average molecular weight is 484 g/mol. The van der Waals surface area contributed by atoms with E-state index in [0.717, 1.165) is 18.3 Å². The van der Waals surface area contributed by atoms with Crippen molar-refractivity contribution in [2.24, 2.45) is 0 Å². The molecule has 1 N–H and O–H groups in total. The highest BCUT2D eigenvalue weighted by Gasteiger charge is 2.59. The molecule has 2 unspecified atom stereocenters. The lowest BCUT2D eigenvalue weighted by atomic mass is 9.77. The van der Waals surface area contributed by atoms with Gasteiger partial charge in [-0.05, 0) is 52.6 Å². The molecular formula is C23H18Cl2F3NO3. The fourth-order valence-corrected chi connectivity index (χ4v) is 4.02. The number of aliphatic hydroxyl groups is 1. The smallest absolute Gasteiger partial charge is 0.422 e. The SMILES string of the molecule is COC(=O)c1ccc(-c2ccc(C(C)C(O)(c3ccnc(Cl)c3)C(F)(F)F)c(Cl)c2)cc1. The van der Waals surface area contributed by atoms with Crippen molar-refractivity contribution in [1.29, 1.82) is 0 Å². The summed E-state index contributed by atoms with van der Waals surface area (Å²) < 4.78 is 46.9. The van der Waals surface area contributed by atoms with E-state index in [4.69, 9.17) is 23.2 Å². The Hall–Kier alpha value is -2.61.